The van der Waals surface area contributed by atoms with Gasteiger partial charge in [0.05, 0.1) is 0 Å². The largest absolute Gasteiger partial charge is 0.103 e. The number of hydrogen-bond donors (Lipinski definition) is 0. The molecule has 1 heteroatoms. The van der Waals surface area contributed by atoms with Crippen molar-refractivity contribution in [2.75, 3.05) is 0 Å². The quantitative estimate of drug-likeness (QED) is 0.460. The molecule has 0 saturated heterocycles. The Morgan fingerprint density at radius 3 is 2.83 bits per heavy atom. The first-order valence-corrected chi connectivity index (χ1v) is 5.07. The molecule has 0 radical (unpaired) electrons. The highest BCUT2D eigenvalue weighted by atomic mass is 32.1. The van der Waals surface area contributed by atoms with Crippen LogP contribution >= 0.6 is 12.2 Å². The van der Waals surface area contributed by atoms with Gasteiger partial charge in [-0.2, -0.15) is 0 Å². The molecule has 1 rings (SSSR count). The van der Waals surface area contributed by atoms with E-state index in [4.69, 9.17) is 12.2 Å². The van der Waals surface area contributed by atoms with Crippen LogP contribution in [0.1, 0.15) is 38.5 Å². The highest BCUT2D eigenvalue weighted by Crippen LogP contribution is 2.18. The van der Waals surface area contributed by atoms with Crippen LogP contribution in [0.5, 0.6) is 0 Å². The molecule has 0 aromatic carbocycles. The first-order valence-electron chi connectivity index (χ1n) is 4.66. The molecule has 0 bridgehead atoms. The second kappa shape index (κ2) is 5.26. The first-order chi connectivity index (χ1) is 5.83. The van der Waals surface area contributed by atoms with Gasteiger partial charge >= 0.3 is 0 Å². The Balaban J connectivity index is 2.58. The van der Waals surface area contributed by atoms with E-state index >= 15 is 0 Å². The van der Waals surface area contributed by atoms with Crippen molar-refractivity contribution < 1.29 is 0 Å². The normalized spacial score (nSPS) is 23.7. The molecule has 66 valence electrons. The van der Waals surface area contributed by atoms with E-state index in [1.165, 1.54) is 31.3 Å². The summed E-state index contributed by atoms with van der Waals surface area (Å²) in [6.07, 6.45) is 11.4. The lowest BCUT2D eigenvalue weighted by atomic mass is 9.98. The second-order valence-electron chi connectivity index (χ2n) is 3.32. The molecular formula is C11H16S. The monoisotopic (exact) mass is 180 g/mol. The Morgan fingerprint density at radius 1 is 1.33 bits per heavy atom. The van der Waals surface area contributed by atoms with Gasteiger partial charge in [0.1, 0.15) is 0 Å². The van der Waals surface area contributed by atoms with Crippen LogP contribution < -0.4 is 0 Å². The van der Waals surface area contributed by atoms with Gasteiger partial charge in [-0.25, -0.2) is 0 Å². The standard InChI is InChI=1S/C11H16S/c1-2-6-10-7-4-3-5-8-11(12)9-10/h2,9H,1,3-8H2/b10-9-. The molecule has 0 unspecified atom stereocenters. The summed E-state index contributed by atoms with van der Waals surface area (Å²) in [4.78, 5) is 1.13. The topological polar surface area (TPSA) is 0 Å². The second-order valence-corrected chi connectivity index (χ2v) is 3.85. The predicted octanol–water partition coefficient (Wildman–Crippen LogP) is 3.82. The Kier molecular flexibility index (Phi) is 4.23. The summed E-state index contributed by atoms with van der Waals surface area (Å²) >= 11 is 5.23. The van der Waals surface area contributed by atoms with Gasteiger partial charge in [-0.05, 0) is 38.2 Å². The number of rotatable bonds is 2. The van der Waals surface area contributed by atoms with Gasteiger partial charge in [0.2, 0.25) is 0 Å². The average molecular weight is 180 g/mol. The fraction of sp³-hybridized carbons (Fsp3) is 0.545. The van der Waals surface area contributed by atoms with Crippen molar-refractivity contribution in [1.82, 2.24) is 0 Å². The van der Waals surface area contributed by atoms with Crippen molar-refractivity contribution in [3.05, 3.63) is 24.3 Å². The van der Waals surface area contributed by atoms with E-state index in [0.717, 1.165) is 17.7 Å². The molecule has 0 nitrogen and oxygen atoms in total. The predicted molar refractivity (Wildman–Crippen MR) is 58.6 cm³/mol. The average Bonchev–Trinajstić information content (AvgIpc) is 2.00. The fourth-order valence-electron chi connectivity index (χ4n) is 1.55. The van der Waals surface area contributed by atoms with E-state index < -0.39 is 0 Å². The van der Waals surface area contributed by atoms with Crippen molar-refractivity contribution in [3.8, 4) is 0 Å². The Labute approximate surface area is 80.4 Å². The van der Waals surface area contributed by atoms with E-state index in [-0.39, 0.29) is 0 Å². The lowest BCUT2D eigenvalue weighted by Gasteiger charge is -2.09. The summed E-state index contributed by atoms with van der Waals surface area (Å²) in [5.74, 6) is 0. The summed E-state index contributed by atoms with van der Waals surface area (Å²) in [5.41, 5.74) is 1.47. The summed E-state index contributed by atoms with van der Waals surface area (Å²) in [6, 6.07) is 0. The third-order valence-electron chi connectivity index (χ3n) is 2.19. The molecule has 0 aromatic rings. The zero-order valence-corrected chi connectivity index (χ0v) is 8.33. The van der Waals surface area contributed by atoms with Gasteiger partial charge in [-0.1, -0.05) is 30.3 Å². The lowest BCUT2D eigenvalue weighted by Crippen LogP contribution is -1.97. The molecule has 1 aliphatic carbocycles. The molecule has 12 heavy (non-hydrogen) atoms. The number of allylic oxidation sites excluding steroid dienone is 3. The Bertz CT molecular complexity index is 201. The summed E-state index contributed by atoms with van der Waals surface area (Å²) in [7, 11) is 0. The minimum Gasteiger partial charge on any atom is -0.103 e. The maximum absolute atomic E-state index is 5.23. The van der Waals surface area contributed by atoms with Gasteiger partial charge < -0.3 is 0 Å². The van der Waals surface area contributed by atoms with E-state index in [9.17, 15) is 0 Å². The van der Waals surface area contributed by atoms with Crippen LogP contribution in [0, 0.1) is 0 Å². The molecule has 1 aliphatic rings. The Hall–Kier alpha value is -0.430. The molecular weight excluding hydrogens is 164 g/mol. The summed E-state index contributed by atoms with van der Waals surface area (Å²) in [5, 5.41) is 0. The molecule has 0 aromatic heterocycles. The Morgan fingerprint density at radius 2 is 2.08 bits per heavy atom. The third kappa shape index (κ3) is 3.31. The van der Waals surface area contributed by atoms with E-state index in [1.807, 2.05) is 6.08 Å². The zero-order chi connectivity index (χ0) is 8.81. The smallest absolute Gasteiger partial charge is 0.0151 e. The minimum absolute atomic E-state index is 1.01. The summed E-state index contributed by atoms with van der Waals surface area (Å²) in [6.45, 7) is 3.75. The van der Waals surface area contributed by atoms with Crippen LogP contribution in [0.3, 0.4) is 0 Å². The molecule has 0 aliphatic heterocycles. The zero-order valence-electron chi connectivity index (χ0n) is 7.51. The van der Waals surface area contributed by atoms with Gasteiger partial charge in [-0.15, -0.1) is 6.58 Å². The van der Waals surface area contributed by atoms with E-state index in [1.54, 1.807) is 0 Å². The molecule has 0 heterocycles. The summed E-state index contributed by atoms with van der Waals surface area (Å²) < 4.78 is 0. The SMILES string of the molecule is C=CC/C1=C/C(=S)CCCCC1. The first kappa shape index (κ1) is 9.66. The van der Waals surface area contributed by atoms with Gasteiger partial charge in [0, 0.05) is 4.86 Å². The molecule has 0 amide bonds. The maximum atomic E-state index is 5.23. The van der Waals surface area contributed by atoms with Crippen LogP contribution in [0.4, 0.5) is 0 Å². The highest BCUT2D eigenvalue weighted by molar-refractivity contribution is 7.80. The van der Waals surface area contributed by atoms with E-state index in [0.29, 0.717) is 0 Å². The van der Waals surface area contributed by atoms with Crippen LogP contribution in [-0.2, 0) is 0 Å². The van der Waals surface area contributed by atoms with Crippen LogP contribution in [0.15, 0.2) is 24.3 Å². The van der Waals surface area contributed by atoms with Crippen molar-refractivity contribution >= 4 is 17.1 Å². The number of hydrogen-bond acceptors (Lipinski definition) is 1. The van der Waals surface area contributed by atoms with Crippen molar-refractivity contribution in [3.63, 3.8) is 0 Å². The fourth-order valence-corrected chi connectivity index (χ4v) is 1.86. The molecule has 0 saturated carbocycles. The molecule has 0 atom stereocenters. The van der Waals surface area contributed by atoms with Crippen LogP contribution in [0.2, 0.25) is 0 Å². The maximum Gasteiger partial charge on any atom is 0.0151 e. The van der Waals surface area contributed by atoms with Crippen molar-refractivity contribution in [2.24, 2.45) is 0 Å². The van der Waals surface area contributed by atoms with Gasteiger partial charge in [0.15, 0.2) is 0 Å². The molecule has 0 fully saturated rings. The minimum atomic E-state index is 1.01. The van der Waals surface area contributed by atoms with Crippen molar-refractivity contribution in [2.45, 2.75) is 38.5 Å². The molecule has 0 N–H and O–H groups in total. The van der Waals surface area contributed by atoms with Crippen LogP contribution in [-0.4, -0.2) is 4.86 Å². The van der Waals surface area contributed by atoms with Gasteiger partial charge in [0.25, 0.3) is 0 Å². The van der Waals surface area contributed by atoms with E-state index in [2.05, 4.69) is 12.7 Å². The van der Waals surface area contributed by atoms with Crippen LogP contribution in [0.25, 0.3) is 0 Å². The van der Waals surface area contributed by atoms with Gasteiger partial charge in [-0.3, -0.25) is 0 Å². The highest BCUT2D eigenvalue weighted by Gasteiger charge is 2.03. The third-order valence-corrected chi connectivity index (χ3v) is 2.51. The molecule has 0 spiro atoms. The lowest BCUT2D eigenvalue weighted by molar-refractivity contribution is 0.683. The van der Waals surface area contributed by atoms with Crippen molar-refractivity contribution in [1.29, 1.82) is 0 Å². The number of thiocarbonyl (C=S) groups is 1.